The molecule has 35 heavy (non-hydrogen) atoms. The van der Waals surface area contributed by atoms with Crippen molar-refractivity contribution in [3.8, 4) is 0 Å². The normalized spacial score (nSPS) is 9.83. The molecule has 0 heterocycles. The Morgan fingerprint density at radius 1 is 0.543 bits per heavy atom. The molecule has 0 bridgehead atoms. The SMILES string of the molecule is Cc1cc2c(ccc3ccccc32)[cH-]1.Cc1cc2c(ccc3ccccc32)[cH-]1.[CH2-]CC[CH2-].[Cl-].[Cl-].[Zr+2]. The second-order valence-electron chi connectivity index (χ2n) is 8.35. The van der Waals surface area contributed by atoms with Crippen molar-refractivity contribution in [2.75, 3.05) is 0 Å². The van der Waals surface area contributed by atoms with E-state index in [0.29, 0.717) is 0 Å². The van der Waals surface area contributed by atoms with Crippen LogP contribution in [-0.2, 0) is 26.2 Å². The molecular weight excluding hydrogens is 546 g/mol. The van der Waals surface area contributed by atoms with Crippen LogP contribution >= 0.6 is 0 Å². The van der Waals surface area contributed by atoms with Gasteiger partial charge in [-0.15, -0.1) is 56.9 Å². The van der Waals surface area contributed by atoms with E-state index in [1.54, 1.807) is 0 Å². The maximum atomic E-state index is 3.54. The van der Waals surface area contributed by atoms with Crippen molar-refractivity contribution in [1.82, 2.24) is 0 Å². The molecule has 0 radical (unpaired) electrons. The number of hydrogen-bond donors (Lipinski definition) is 0. The molecule has 0 saturated carbocycles. The van der Waals surface area contributed by atoms with Crippen molar-refractivity contribution in [2.45, 2.75) is 26.7 Å². The molecule has 0 N–H and O–H groups in total. The van der Waals surface area contributed by atoms with E-state index in [-0.39, 0.29) is 51.0 Å². The Bertz CT molecular complexity index is 1360. The molecule has 0 unspecified atom stereocenters. The van der Waals surface area contributed by atoms with Crippen molar-refractivity contribution in [3.05, 3.63) is 122 Å². The van der Waals surface area contributed by atoms with Crippen LogP contribution in [0.25, 0.3) is 43.1 Å². The average molecular weight is 577 g/mol. The Hall–Kier alpha value is -1.92. The van der Waals surface area contributed by atoms with E-state index in [9.17, 15) is 0 Å². The van der Waals surface area contributed by atoms with Crippen LogP contribution in [-0.4, -0.2) is 0 Å². The van der Waals surface area contributed by atoms with E-state index in [1.807, 2.05) is 0 Å². The summed E-state index contributed by atoms with van der Waals surface area (Å²) < 4.78 is 0. The van der Waals surface area contributed by atoms with Gasteiger partial charge in [-0.1, -0.05) is 85.3 Å². The van der Waals surface area contributed by atoms with Gasteiger partial charge >= 0.3 is 26.2 Å². The first-order chi connectivity index (χ1) is 15.6. The third-order valence-corrected chi connectivity index (χ3v) is 5.77. The maximum Gasteiger partial charge on any atom is 2.00 e. The number of benzene rings is 4. The molecule has 6 aromatic carbocycles. The molecule has 6 rings (SSSR count). The molecule has 0 fully saturated rings. The van der Waals surface area contributed by atoms with Crippen molar-refractivity contribution in [2.24, 2.45) is 0 Å². The average Bonchev–Trinajstić information content (AvgIpc) is 3.41. The molecule has 0 atom stereocenters. The molecule has 0 saturated heterocycles. The van der Waals surface area contributed by atoms with Crippen LogP contribution in [0.15, 0.2) is 97.1 Å². The first kappa shape index (κ1) is 31.1. The summed E-state index contributed by atoms with van der Waals surface area (Å²) in [5.41, 5.74) is 2.69. The molecule has 0 spiro atoms. The van der Waals surface area contributed by atoms with Gasteiger partial charge in [0.1, 0.15) is 0 Å². The van der Waals surface area contributed by atoms with Crippen molar-refractivity contribution < 1.29 is 51.0 Å². The number of hydrogen-bond acceptors (Lipinski definition) is 0. The van der Waals surface area contributed by atoms with Gasteiger partial charge in [-0.3, -0.25) is 0 Å². The minimum atomic E-state index is 0. The van der Waals surface area contributed by atoms with E-state index in [1.165, 1.54) is 54.2 Å². The number of unbranched alkanes of at least 4 members (excludes halogenated alkanes) is 1. The molecule has 0 nitrogen and oxygen atoms in total. The number of rotatable bonds is 1. The smallest absolute Gasteiger partial charge is 1.00 e. The topological polar surface area (TPSA) is 0 Å². The van der Waals surface area contributed by atoms with E-state index in [4.69, 9.17) is 0 Å². The molecular formula is C32H30Cl2Zr-4. The Kier molecular flexibility index (Phi) is 13.0. The molecule has 0 aliphatic heterocycles. The molecule has 0 aliphatic carbocycles. The Balaban J connectivity index is 0.000000284. The maximum absolute atomic E-state index is 3.54. The van der Waals surface area contributed by atoms with E-state index in [2.05, 4.69) is 125 Å². The van der Waals surface area contributed by atoms with Crippen LogP contribution in [0.2, 0.25) is 0 Å². The second kappa shape index (κ2) is 14.6. The third-order valence-electron chi connectivity index (χ3n) is 5.77. The first-order valence-corrected chi connectivity index (χ1v) is 11.3. The van der Waals surface area contributed by atoms with Crippen LogP contribution in [0.4, 0.5) is 0 Å². The monoisotopic (exact) mass is 574 g/mol. The molecule has 6 aromatic rings. The quantitative estimate of drug-likeness (QED) is 0.263. The van der Waals surface area contributed by atoms with Crippen LogP contribution in [0, 0.1) is 27.7 Å². The van der Waals surface area contributed by atoms with Crippen molar-refractivity contribution in [1.29, 1.82) is 0 Å². The van der Waals surface area contributed by atoms with Gasteiger partial charge in [0, 0.05) is 0 Å². The van der Waals surface area contributed by atoms with Gasteiger partial charge in [0.05, 0.1) is 0 Å². The standard InChI is InChI=1S/2C14H11.C4H8.2ClH.Zr/c2*1-10-8-12-7-6-11-4-2-3-5-13(11)14(12)9-10;1-3-4-2;;;/h2*2-9H,1H3;1-4H2;2*1H;/q2*-1;-2;;;+2/p-2. The molecule has 180 valence electrons. The zero-order valence-corrected chi connectivity index (χ0v) is 24.3. The van der Waals surface area contributed by atoms with Crippen molar-refractivity contribution in [3.63, 3.8) is 0 Å². The van der Waals surface area contributed by atoms with Gasteiger partial charge in [-0.05, 0) is 10.8 Å². The van der Waals surface area contributed by atoms with Gasteiger partial charge in [0.25, 0.3) is 0 Å². The van der Waals surface area contributed by atoms with Gasteiger partial charge in [0.2, 0.25) is 0 Å². The van der Waals surface area contributed by atoms with Crippen LogP contribution in [0.1, 0.15) is 24.0 Å². The molecule has 0 amide bonds. The largest absolute Gasteiger partial charge is 2.00 e. The molecule has 3 heteroatoms. The predicted molar refractivity (Wildman–Crippen MR) is 144 cm³/mol. The summed E-state index contributed by atoms with van der Waals surface area (Å²) >= 11 is 0. The van der Waals surface area contributed by atoms with Gasteiger partial charge in [-0.2, -0.15) is 12.1 Å². The fraction of sp³-hybridized carbons (Fsp3) is 0.125. The minimum absolute atomic E-state index is 0. The molecule has 0 aliphatic rings. The summed E-state index contributed by atoms with van der Waals surface area (Å²) in [4.78, 5) is 0. The fourth-order valence-electron chi connectivity index (χ4n) is 4.23. The van der Waals surface area contributed by atoms with E-state index >= 15 is 0 Å². The zero-order valence-electron chi connectivity index (χ0n) is 20.3. The summed E-state index contributed by atoms with van der Waals surface area (Å²) in [5.74, 6) is 0. The van der Waals surface area contributed by atoms with Crippen LogP contribution in [0.3, 0.4) is 0 Å². The number of fused-ring (bicyclic) bond motifs is 6. The molecule has 0 aromatic heterocycles. The summed E-state index contributed by atoms with van der Waals surface area (Å²) in [6, 6.07) is 34.9. The minimum Gasteiger partial charge on any atom is -1.00 e. The van der Waals surface area contributed by atoms with Gasteiger partial charge in [-0.25, -0.2) is 12.8 Å². The summed E-state index contributed by atoms with van der Waals surface area (Å²) in [6.07, 6.45) is 1.92. The number of halogens is 2. The Morgan fingerprint density at radius 2 is 0.914 bits per heavy atom. The van der Waals surface area contributed by atoms with Gasteiger partial charge < -0.3 is 38.7 Å². The van der Waals surface area contributed by atoms with Crippen molar-refractivity contribution >= 4 is 43.1 Å². The predicted octanol–water partition coefficient (Wildman–Crippen LogP) is 3.48. The first-order valence-electron chi connectivity index (χ1n) is 11.3. The third kappa shape index (κ3) is 7.30. The zero-order chi connectivity index (χ0) is 22.5. The van der Waals surface area contributed by atoms with Gasteiger partial charge in [0.15, 0.2) is 0 Å². The summed E-state index contributed by atoms with van der Waals surface area (Å²) in [5, 5.41) is 10.8. The second-order valence-corrected chi connectivity index (χ2v) is 8.35. The summed E-state index contributed by atoms with van der Waals surface area (Å²) in [6.45, 7) is 11.4. The van der Waals surface area contributed by atoms with Crippen LogP contribution in [0.5, 0.6) is 0 Å². The van der Waals surface area contributed by atoms with E-state index in [0.717, 1.165) is 12.8 Å². The Morgan fingerprint density at radius 3 is 1.29 bits per heavy atom. The number of aryl methyl sites for hydroxylation is 2. The van der Waals surface area contributed by atoms with Crippen LogP contribution < -0.4 is 24.8 Å². The Labute approximate surface area is 241 Å². The fourth-order valence-corrected chi connectivity index (χ4v) is 4.23. The summed E-state index contributed by atoms with van der Waals surface area (Å²) in [7, 11) is 0. The van der Waals surface area contributed by atoms with E-state index < -0.39 is 0 Å².